The van der Waals surface area contributed by atoms with Gasteiger partial charge in [-0.15, -0.1) is 22.7 Å². The largest absolute Gasteiger partial charge is 0.253 e. The fraction of sp³-hybridized carbons (Fsp3) is 0. The van der Waals surface area contributed by atoms with Crippen molar-refractivity contribution < 1.29 is 0 Å². The Balaban J connectivity index is 1.22. The summed E-state index contributed by atoms with van der Waals surface area (Å²) in [6, 6.07) is 17.3. The van der Waals surface area contributed by atoms with Gasteiger partial charge in [-0.3, -0.25) is 9.97 Å². The molecule has 0 saturated carbocycles. The predicted octanol–water partition coefficient (Wildman–Crippen LogP) is 8.12. The monoisotopic (exact) mass is 488 g/mol. The maximum absolute atomic E-state index is 4.77. The molecule has 0 aromatic carbocycles. The van der Waals surface area contributed by atoms with Crippen molar-refractivity contribution in [3.05, 3.63) is 117 Å². The Morgan fingerprint density at radius 1 is 0.594 bits per heavy atom. The molecule has 6 heterocycles. The van der Waals surface area contributed by atoms with E-state index in [2.05, 4.69) is 94.4 Å². The van der Waals surface area contributed by atoms with Gasteiger partial charge in [0, 0.05) is 41.7 Å². The van der Waals surface area contributed by atoms with Gasteiger partial charge in [0.15, 0.2) is 0 Å². The van der Waals surface area contributed by atoms with Crippen molar-refractivity contribution in [1.82, 2.24) is 9.97 Å². The lowest BCUT2D eigenvalue weighted by Gasteiger charge is -2.18. The van der Waals surface area contributed by atoms with E-state index in [0.29, 0.717) is 0 Å². The lowest BCUT2D eigenvalue weighted by molar-refractivity contribution is 1.18. The van der Waals surface area contributed by atoms with Crippen LogP contribution in [0.5, 0.6) is 0 Å². The molecule has 4 aromatic rings. The van der Waals surface area contributed by atoms with Crippen molar-refractivity contribution in [3.63, 3.8) is 0 Å². The molecule has 2 nitrogen and oxygen atoms in total. The minimum Gasteiger partial charge on any atom is -0.253 e. The average molecular weight is 489 g/mol. The number of pyridine rings is 2. The molecule has 0 fully saturated rings. The smallest absolute Gasteiger partial charge is 0.0886 e. The van der Waals surface area contributed by atoms with Crippen LogP contribution in [0.15, 0.2) is 117 Å². The molecule has 2 aliphatic rings. The van der Waals surface area contributed by atoms with Gasteiger partial charge in [0.1, 0.15) is 0 Å². The third kappa shape index (κ3) is 3.73. The van der Waals surface area contributed by atoms with Gasteiger partial charge in [0.05, 0.1) is 11.4 Å². The van der Waals surface area contributed by atoms with E-state index in [1.165, 1.54) is 29.4 Å². The normalized spacial score (nSPS) is 21.6. The van der Waals surface area contributed by atoms with Gasteiger partial charge in [0.25, 0.3) is 0 Å². The standard InChI is InChI=1S/C26H20N2S4/c1-5-23(29-13-1)25-7-3-15-31(25)19-9-11-21(27-17-19)22-12-10-20(18-28-22)32-16-4-8-26(32)24-6-2-14-30-24/h1-18,31-32H. The predicted molar refractivity (Wildman–Crippen MR) is 145 cm³/mol. The average Bonchev–Trinajstić information content (AvgIpc) is 3.65. The van der Waals surface area contributed by atoms with Crippen LogP contribution in [0.4, 0.5) is 0 Å². The molecule has 0 radical (unpaired) electrons. The molecule has 158 valence electrons. The minimum atomic E-state index is -0.472. The summed E-state index contributed by atoms with van der Waals surface area (Å²) >= 11 is 3.60. The van der Waals surface area contributed by atoms with Gasteiger partial charge >= 0.3 is 0 Å². The fourth-order valence-corrected chi connectivity index (χ4v) is 9.72. The molecule has 6 heteroatoms. The van der Waals surface area contributed by atoms with Crippen LogP contribution in [-0.2, 0) is 0 Å². The molecule has 0 saturated heterocycles. The van der Waals surface area contributed by atoms with E-state index in [1.807, 2.05) is 12.4 Å². The molecule has 0 N–H and O–H groups in total. The molecule has 4 aromatic heterocycles. The number of thiophene rings is 2. The SMILES string of the molecule is C1=C[SH](c2ccc(-c3ccc([SH]4C=CC=C4c4cccs4)cn3)nc2)C(c2cccs2)=C1. The highest BCUT2D eigenvalue weighted by Gasteiger charge is 2.18. The molecule has 2 aliphatic heterocycles. The van der Waals surface area contributed by atoms with E-state index in [0.717, 1.165) is 11.4 Å². The molecular weight excluding hydrogens is 469 g/mol. The van der Waals surface area contributed by atoms with Crippen LogP contribution in [0, 0.1) is 0 Å². The highest BCUT2D eigenvalue weighted by Crippen LogP contribution is 2.55. The van der Waals surface area contributed by atoms with Gasteiger partial charge in [-0.05, 0) is 70.1 Å². The Morgan fingerprint density at radius 2 is 1.09 bits per heavy atom. The highest BCUT2D eigenvalue weighted by molar-refractivity contribution is 8.28. The summed E-state index contributed by atoms with van der Waals surface area (Å²) < 4.78 is 0. The zero-order valence-electron chi connectivity index (χ0n) is 17.0. The molecule has 0 bridgehead atoms. The van der Waals surface area contributed by atoms with Crippen molar-refractivity contribution in [2.24, 2.45) is 0 Å². The van der Waals surface area contributed by atoms with E-state index in [1.54, 1.807) is 22.7 Å². The third-order valence-corrected chi connectivity index (χ3v) is 11.9. The van der Waals surface area contributed by atoms with Crippen molar-refractivity contribution in [1.29, 1.82) is 0 Å². The quantitative estimate of drug-likeness (QED) is 0.277. The first kappa shape index (κ1) is 20.0. The second-order valence-corrected chi connectivity index (χ2v) is 13.3. The third-order valence-electron chi connectivity index (χ3n) is 5.36. The molecule has 0 spiro atoms. The molecule has 2 atom stereocenters. The van der Waals surface area contributed by atoms with Crippen LogP contribution >= 0.6 is 44.5 Å². The first-order valence-corrected chi connectivity index (χ1v) is 14.8. The second kappa shape index (κ2) is 8.71. The molecule has 2 unspecified atom stereocenters. The van der Waals surface area contributed by atoms with Crippen LogP contribution in [0.1, 0.15) is 9.75 Å². The van der Waals surface area contributed by atoms with Crippen LogP contribution < -0.4 is 0 Å². The molecular formula is C26H20N2S4. The summed E-state index contributed by atoms with van der Waals surface area (Å²) in [7, 11) is -0.945. The number of thiol groups is 2. The molecule has 0 amide bonds. The van der Waals surface area contributed by atoms with E-state index >= 15 is 0 Å². The Morgan fingerprint density at radius 3 is 1.47 bits per heavy atom. The summed E-state index contributed by atoms with van der Waals surface area (Å²) in [5.74, 6) is 0. The van der Waals surface area contributed by atoms with Gasteiger partial charge in [0.2, 0.25) is 0 Å². The number of allylic oxidation sites excluding steroid dienone is 4. The number of rotatable bonds is 5. The zero-order valence-corrected chi connectivity index (χ0v) is 20.4. The topological polar surface area (TPSA) is 25.8 Å². The van der Waals surface area contributed by atoms with Crippen LogP contribution in [0.25, 0.3) is 21.2 Å². The maximum Gasteiger partial charge on any atom is 0.0886 e. The minimum absolute atomic E-state index is 0.472. The van der Waals surface area contributed by atoms with Crippen molar-refractivity contribution >= 4 is 54.3 Å². The summed E-state index contributed by atoms with van der Waals surface area (Å²) in [5.41, 5.74) is 1.84. The lowest BCUT2D eigenvalue weighted by Crippen LogP contribution is -1.90. The molecule has 6 rings (SSSR count). The highest BCUT2D eigenvalue weighted by atomic mass is 32.2. The van der Waals surface area contributed by atoms with Gasteiger partial charge in [-0.25, -0.2) is 0 Å². The van der Waals surface area contributed by atoms with Crippen molar-refractivity contribution in [3.8, 4) is 11.4 Å². The molecule has 0 aliphatic carbocycles. The van der Waals surface area contributed by atoms with E-state index in [9.17, 15) is 0 Å². The summed E-state index contributed by atoms with van der Waals surface area (Å²) in [6.07, 6.45) is 12.9. The Hall–Kier alpha value is -2.64. The summed E-state index contributed by atoms with van der Waals surface area (Å²) in [6.45, 7) is 0. The van der Waals surface area contributed by atoms with E-state index < -0.39 is 21.8 Å². The Labute approximate surface area is 201 Å². The van der Waals surface area contributed by atoms with Gasteiger partial charge in [-0.2, -0.15) is 21.8 Å². The Bertz CT molecular complexity index is 1240. The maximum atomic E-state index is 4.77. The summed E-state index contributed by atoms with van der Waals surface area (Å²) in [4.78, 5) is 17.6. The zero-order chi connectivity index (χ0) is 21.3. The number of aromatic nitrogens is 2. The fourth-order valence-electron chi connectivity index (χ4n) is 3.82. The van der Waals surface area contributed by atoms with Crippen molar-refractivity contribution in [2.45, 2.75) is 9.79 Å². The summed E-state index contributed by atoms with van der Waals surface area (Å²) in [5, 5.41) is 8.90. The van der Waals surface area contributed by atoms with Crippen LogP contribution in [0.3, 0.4) is 0 Å². The van der Waals surface area contributed by atoms with Crippen LogP contribution in [-0.4, -0.2) is 9.97 Å². The number of hydrogen-bond donors (Lipinski definition) is 2. The van der Waals surface area contributed by atoms with E-state index in [-0.39, 0.29) is 0 Å². The number of nitrogens with zero attached hydrogens (tertiary/aromatic N) is 2. The molecule has 32 heavy (non-hydrogen) atoms. The van der Waals surface area contributed by atoms with Gasteiger partial charge < -0.3 is 0 Å². The lowest BCUT2D eigenvalue weighted by atomic mass is 10.2. The van der Waals surface area contributed by atoms with Gasteiger partial charge in [-0.1, -0.05) is 24.3 Å². The first-order valence-electron chi connectivity index (χ1n) is 10.2. The number of hydrogen-bond acceptors (Lipinski definition) is 4. The van der Waals surface area contributed by atoms with Crippen molar-refractivity contribution in [2.75, 3.05) is 0 Å². The second-order valence-electron chi connectivity index (χ2n) is 7.28. The van der Waals surface area contributed by atoms with E-state index in [4.69, 9.17) is 9.97 Å². The Kier molecular flexibility index (Phi) is 5.45. The van der Waals surface area contributed by atoms with Crippen LogP contribution in [0.2, 0.25) is 0 Å². The first-order chi connectivity index (χ1) is 15.9.